The molecule has 1 aliphatic heterocycles. The van der Waals surface area contributed by atoms with Crippen LogP contribution in [0.2, 0.25) is 0 Å². The van der Waals surface area contributed by atoms with E-state index in [1.54, 1.807) is 14.2 Å². The Balaban J connectivity index is 1.76. The SMILES string of the molecule is COc1cccc(OC)c1Cc1nc(C2CN(C(C)C)CCO2)no1. The van der Waals surface area contributed by atoms with Crippen LogP contribution in [-0.4, -0.2) is 55.0 Å². The lowest BCUT2D eigenvalue weighted by Crippen LogP contribution is -2.42. The Morgan fingerprint density at radius 2 is 1.96 bits per heavy atom. The van der Waals surface area contributed by atoms with Crippen molar-refractivity contribution in [3.63, 3.8) is 0 Å². The van der Waals surface area contributed by atoms with E-state index in [1.165, 1.54) is 0 Å². The fourth-order valence-electron chi connectivity index (χ4n) is 3.02. The first-order valence-electron chi connectivity index (χ1n) is 8.50. The Kier molecular flexibility index (Phi) is 5.55. The summed E-state index contributed by atoms with van der Waals surface area (Å²) in [6.45, 7) is 6.73. The minimum atomic E-state index is -0.159. The van der Waals surface area contributed by atoms with Gasteiger partial charge in [0.25, 0.3) is 0 Å². The van der Waals surface area contributed by atoms with Crippen molar-refractivity contribution in [2.75, 3.05) is 33.9 Å². The average Bonchev–Trinajstić information content (AvgIpc) is 3.10. The van der Waals surface area contributed by atoms with Crippen molar-refractivity contribution in [2.24, 2.45) is 0 Å². The molecule has 1 aromatic heterocycles. The van der Waals surface area contributed by atoms with Crippen molar-refractivity contribution < 1.29 is 18.7 Å². The molecule has 1 saturated heterocycles. The predicted molar refractivity (Wildman–Crippen MR) is 92.1 cm³/mol. The molecule has 0 radical (unpaired) electrons. The molecule has 1 aliphatic rings. The molecule has 1 unspecified atom stereocenters. The van der Waals surface area contributed by atoms with Crippen LogP contribution < -0.4 is 9.47 Å². The van der Waals surface area contributed by atoms with Crippen LogP contribution in [0.15, 0.2) is 22.7 Å². The van der Waals surface area contributed by atoms with E-state index >= 15 is 0 Å². The summed E-state index contributed by atoms with van der Waals surface area (Å²) in [4.78, 5) is 6.89. The van der Waals surface area contributed by atoms with Crippen LogP contribution in [0.1, 0.15) is 37.2 Å². The zero-order valence-corrected chi connectivity index (χ0v) is 15.2. The van der Waals surface area contributed by atoms with E-state index in [0.717, 1.165) is 30.2 Å². The third-order valence-electron chi connectivity index (χ3n) is 4.46. The first-order chi connectivity index (χ1) is 12.1. The Bertz CT molecular complexity index is 679. The van der Waals surface area contributed by atoms with Crippen molar-refractivity contribution >= 4 is 0 Å². The van der Waals surface area contributed by atoms with Gasteiger partial charge in [-0.1, -0.05) is 11.2 Å². The molecule has 0 spiro atoms. The van der Waals surface area contributed by atoms with Crippen LogP contribution >= 0.6 is 0 Å². The van der Waals surface area contributed by atoms with Crippen LogP contribution in [0, 0.1) is 0 Å². The van der Waals surface area contributed by atoms with E-state index < -0.39 is 0 Å². The highest BCUT2D eigenvalue weighted by Gasteiger charge is 2.27. The summed E-state index contributed by atoms with van der Waals surface area (Å²) in [6, 6.07) is 6.13. The summed E-state index contributed by atoms with van der Waals surface area (Å²) in [5, 5.41) is 4.12. The normalized spacial score (nSPS) is 18.5. The number of benzene rings is 1. The van der Waals surface area contributed by atoms with E-state index in [2.05, 4.69) is 28.9 Å². The highest BCUT2D eigenvalue weighted by molar-refractivity contribution is 5.46. The van der Waals surface area contributed by atoms with Gasteiger partial charge in [-0.3, -0.25) is 4.90 Å². The lowest BCUT2D eigenvalue weighted by molar-refractivity contribution is -0.0450. The van der Waals surface area contributed by atoms with Gasteiger partial charge in [-0.25, -0.2) is 0 Å². The molecule has 1 fully saturated rings. The van der Waals surface area contributed by atoms with Gasteiger partial charge in [0.05, 0.1) is 27.2 Å². The van der Waals surface area contributed by atoms with E-state index in [1.807, 2.05) is 18.2 Å². The number of nitrogens with zero attached hydrogens (tertiary/aromatic N) is 3. The fourth-order valence-corrected chi connectivity index (χ4v) is 3.02. The maximum atomic E-state index is 5.82. The Hall–Kier alpha value is -2.12. The van der Waals surface area contributed by atoms with Crippen molar-refractivity contribution in [1.29, 1.82) is 0 Å². The molecule has 3 rings (SSSR count). The topological polar surface area (TPSA) is 69.9 Å². The van der Waals surface area contributed by atoms with Gasteiger partial charge in [0.15, 0.2) is 0 Å². The van der Waals surface area contributed by atoms with Crippen LogP contribution in [0.25, 0.3) is 0 Å². The molecule has 0 saturated carbocycles. The monoisotopic (exact) mass is 347 g/mol. The number of rotatable bonds is 6. The molecule has 0 amide bonds. The number of aromatic nitrogens is 2. The third kappa shape index (κ3) is 3.93. The van der Waals surface area contributed by atoms with Crippen molar-refractivity contribution in [2.45, 2.75) is 32.4 Å². The van der Waals surface area contributed by atoms with Gasteiger partial charge in [0.2, 0.25) is 11.7 Å². The summed E-state index contributed by atoms with van der Waals surface area (Å²) in [5.74, 6) is 2.58. The quantitative estimate of drug-likeness (QED) is 0.795. The smallest absolute Gasteiger partial charge is 0.231 e. The summed E-state index contributed by atoms with van der Waals surface area (Å²) in [6.07, 6.45) is 0.286. The van der Waals surface area contributed by atoms with Crippen molar-refractivity contribution in [3.05, 3.63) is 35.5 Å². The van der Waals surface area contributed by atoms with Gasteiger partial charge in [-0.15, -0.1) is 0 Å². The Morgan fingerprint density at radius 1 is 1.24 bits per heavy atom. The van der Waals surface area contributed by atoms with Gasteiger partial charge >= 0.3 is 0 Å². The summed E-state index contributed by atoms with van der Waals surface area (Å²) in [7, 11) is 3.27. The molecular formula is C18H25N3O4. The second kappa shape index (κ2) is 7.84. The van der Waals surface area contributed by atoms with Crippen LogP contribution in [0.4, 0.5) is 0 Å². The van der Waals surface area contributed by atoms with E-state index in [-0.39, 0.29) is 6.10 Å². The summed E-state index contributed by atoms with van der Waals surface area (Å²) >= 11 is 0. The molecule has 7 heteroatoms. The number of ether oxygens (including phenoxy) is 3. The highest BCUT2D eigenvalue weighted by Crippen LogP contribution is 2.30. The lowest BCUT2D eigenvalue weighted by Gasteiger charge is -2.34. The average molecular weight is 347 g/mol. The van der Waals surface area contributed by atoms with Gasteiger partial charge in [0.1, 0.15) is 17.6 Å². The minimum Gasteiger partial charge on any atom is -0.496 e. The van der Waals surface area contributed by atoms with Crippen molar-refractivity contribution in [1.82, 2.24) is 15.0 Å². The van der Waals surface area contributed by atoms with Crippen LogP contribution in [-0.2, 0) is 11.2 Å². The van der Waals surface area contributed by atoms with E-state index in [0.29, 0.717) is 30.8 Å². The highest BCUT2D eigenvalue weighted by atomic mass is 16.5. The molecule has 1 atom stereocenters. The van der Waals surface area contributed by atoms with E-state index in [9.17, 15) is 0 Å². The summed E-state index contributed by atoms with van der Waals surface area (Å²) < 4.78 is 22.1. The zero-order valence-electron chi connectivity index (χ0n) is 15.2. The van der Waals surface area contributed by atoms with Gasteiger partial charge in [0, 0.05) is 24.7 Å². The van der Waals surface area contributed by atoms with Gasteiger partial charge < -0.3 is 18.7 Å². The zero-order chi connectivity index (χ0) is 17.8. The molecule has 7 nitrogen and oxygen atoms in total. The maximum absolute atomic E-state index is 5.82. The van der Waals surface area contributed by atoms with Gasteiger partial charge in [-0.2, -0.15) is 4.98 Å². The molecule has 25 heavy (non-hydrogen) atoms. The molecule has 2 heterocycles. The number of hydrogen-bond donors (Lipinski definition) is 0. The number of hydrogen-bond acceptors (Lipinski definition) is 7. The largest absolute Gasteiger partial charge is 0.496 e. The Morgan fingerprint density at radius 3 is 2.60 bits per heavy atom. The molecule has 1 aromatic carbocycles. The predicted octanol–water partition coefficient (Wildman–Crippen LogP) is 2.46. The van der Waals surface area contributed by atoms with Crippen LogP contribution in [0.3, 0.4) is 0 Å². The van der Waals surface area contributed by atoms with Crippen LogP contribution in [0.5, 0.6) is 11.5 Å². The molecular weight excluding hydrogens is 322 g/mol. The molecule has 2 aromatic rings. The third-order valence-corrected chi connectivity index (χ3v) is 4.46. The molecule has 0 aliphatic carbocycles. The first-order valence-corrected chi connectivity index (χ1v) is 8.50. The standard InChI is InChI=1S/C18H25N3O4/c1-12(2)21-8-9-24-16(11-21)18-19-17(25-20-18)10-13-14(22-3)6-5-7-15(13)23-4/h5-7,12,16H,8-11H2,1-4H3. The Labute approximate surface area is 147 Å². The first kappa shape index (κ1) is 17.7. The second-order valence-electron chi connectivity index (χ2n) is 6.31. The number of morpholine rings is 1. The second-order valence-corrected chi connectivity index (χ2v) is 6.31. The molecule has 136 valence electrons. The van der Waals surface area contributed by atoms with Gasteiger partial charge in [-0.05, 0) is 26.0 Å². The fraction of sp³-hybridized carbons (Fsp3) is 0.556. The maximum Gasteiger partial charge on any atom is 0.231 e. The molecule has 0 N–H and O–H groups in total. The van der Waals surface area contributed by atoms with E-state index in [4.69, 9.17) is 18.7 Å². The minimum absolute atomic E-state index is 0.159. The van der Waals surface area contributed by atoms with Crippen molar-refractivity contribution in [3.8, 4) is 11.5 Å². The lowest BCUT2D eigenvalue weighted by atomic mass is 10.1. The molecule has 0 bridgehead atoms. The number of methoxy groups -OCH3 is 2. The summed E-state index contributed by atoms with van der Waals surface area (Å²) in [5.41, 5.74) is 0.885.